The first-order chi connectivity index (χ1) is 17.1. The Balaban J connectivity index is 1.34. The average molecular weight is 465 g/mol. The van der Waals surface area contributed by atoms with Crippen molar-refractivity contribution in [3.05, 3.63) is 132 Å². The molecule has 3 aromatic carbocycles. The Labute approximate surface area is 205 Å². The molecule has 4 aromatic rings. The van der Waals surface area contributed by atoms with Crippen molar-refractivity contribution in [2.45, 2.75) is 18.4 Å². The maximum Gasteiger partial charge on any atom is 0.255 e. The Hall–Kier alpha value is -4.29. The molecule has 0 saturated carbocycles. The quantitative estimate of drug-likeness (QED) is 0.335. The largest absolute Gasteiger partial charge is 0.354 e. The van der Waals surface area contributed by atoms with Crippen LogP contribution in [0.5, 0.6) is 0 Å². The van der Waals surface area contributed by atoms with E-state index in [1.54, 1.807) is 36.7 Å². The van der Waals surface area contributed by atoms with Crippen LogP contribution >= 0.6 is 0 Å². The summed E-state index contributed by atoms with van der Waals surface area (Å²) in [5.74, 6) is -0.309. The van der Waals surface area contributed by atoms with Gasteiger partial charge in [-0.15, -0.1) is 0 Å². The topological polar surface area (TPSA) is 97.1 Å². The van der Waals surface area contributed by atoms with E-state index in [9.17, 15) is 9.59 Å². The van der Waals surface area contributed by atoms with Crippen molar-refractivity contribution < 1.29 is 9.59 Å². The highest BCUT2D eigenvalue weighted by Gasteiger charge is 2.19. The van der Waals surface area contributed by atoms with E-state index in [0.29, 0.717) is 24.2 Å². The molecular formula is C29H28N4O2. The second-order valence-electron chi connectivity index (χ2n) is 8.30. The lowest BCUT2D eigenvalue weighted by Gasteiger charge is -2.19. The number of hydrogen-bond acceptors (Lipinski definition) is 4. The lowest BCUT2D eigenvalue weighted by Crippen LogP contribution is -2.32. The molecule has 0 fully saturated rings. The molecule has 1 atom stereocenters. The van der Waals surface area contributed by atoms with Gasteiger partial charge < -0.3 is 16.4 Å². The third-order valence-electron chi connectivity index (χ3n) is 5.85. The second kappa shape index (κ2) is 11.7. The summed E-state index contributed by atoms with van der Waals surface area (Å²) in [6.45, 7) is 0.303. The molecule has 0 spiro atoms. The Kier molecular flexibility index (Phi) is 7.99. The summed E-state index contributed by atoms with van der Waals surface area (Å²) < 4.78 is 0. The van der Waals surface area contributed by atoms with Gasteiger partial charge in [-0.05, 0) is 41.0 Å². The number of aromatic nitrogens is 1. The van der Waals surface area contributed by atoms with Crippen LogP contribution in [-0.2, 0) is 4.79 Å². The van der Waals surface area contributed by atoms with Gasteiger partial charge in [-0.3, -0.25) is 14.6 Å². The summed E-state index contributed by atoms with van der Waals surface area (Å²) >= 11 is 0. The molecule has 1 heterocycles. The fourth-order valence-corrected chi connectivity index (χ4v) is 3.92. The van der Waals surface area contributed by atoms with Crippen molar-refractivity contribution in [2.75, 3.05) is 11.9 Å². The van der Waals surface area contributed by atoms with Gasteiger partial charge in [0.1, 0.15) is 0 Å². The predicted molar refractivity (Wildman–Crippen MR) is 138 cm³/mol. The minimum atomic E-state index is -0.386. The number of amides is 2. The summed E-state index contributed by atoms with van der Waals surface area (Å²) in [6, 6.07) is 30.2. The summed E-state index contributed by atoms with van der Waals surface area (Å²) in [4.78, 5) is 29.2. The van der Waals surface area contributed by atoms with Crippen molar-refractivity contribution in [3.63, 3.8) is 0 Å². The van der Waals surface area contributed by atoms with Crippen LogP contribution < -0.4 is 16.4 Å². The van der Waals surface area contributed by atoms with Crippen LogP contribution in [0.2, 0.25) is 0 Å². The molecule has 6 nitrogen and oxygen atoms in total. The normalized spacial score (nSPS) is 11.6. The van der Waals surface area contributed by atoms with E-state index in [1.807, 2.05) is 72.8 Å². The molecule has 2 amide bonds. The summed E-state index contributed by atoms with van der Waals surface area (Å²) in [5.41, 5.74) is 10.6. The maximum atomic E-state index is 12.8. The number of carbonyl (C=O) groups is 2. The van der Waals surface area contributed by atoms with E-state index in [2.05, 4.69) is 15.6 Å². The van der Waals surface area contributed by atoms with E-state index in [1.165, 1.54) is 0 Å². The van der Waals surface area contributed by atoms with Gasteiger partial charge in [-0.1, -0.05) is 72.8 Å². The molecule has 4 rings (SSSR count). The highest BCUT2D eigenvalue weighted by molar-refractivity contribution is 6.04. The Bertz CT molecular complexity index is 1190. The molecule has 6 heteroatoms. The molecule has 1 aromatic heterocycles. The van der Waals surface area contributed by atoms with Gasteiger partial charge in [0.15, 0.2) is 0 Å². The molecule has 0 aliphatic carbocycles. The van der Waals surface area contributed by atoms with Crippen LogP contribution in [0.4, 0.5) is 5.69 Å². The number of nitrogens with one attached hydrogen (secondary N) is 2. The molecule has 0 radical (unpaired) electrons. The SMILES string of the molecule is NC(CNC(=O)CC(c1ccccc1)c1ccccc1)c1ccc(C(=O)Nc2ccncc2)cc1. The van der Waals surface area contributed by atoms with Gasteiger partial charge in [0, 0.05) is 48.6 Å². The fourth-order valence-electron chi connectivity index (χ4n) is 3.92. The van der Waals surface area contributed by atoms with Crippen LogP contribution in [0, 0.1) is 0 Å². The summed E-state index contributed by atoms with van der Waals surface area (Å²) in [7, 11) is 0. The van der Waals surface area contributed by atoms with Gasteiger partial charge >= 0.3 is 0 Å². The number of benzene rings is 3. The molecule has 0 saturated heterocycles. The number of rotatable bonds is 9. The number of hydrogen-bond donors (Lipinski definition) is 3. The van der Waals surface area contributed by atoms with Crippen molar-refractivity contribution >= 4 is 17.5 Å². The van der Waals surface area contributed by atoms with Crippen LogP contribution in [0.3, 0.4) is 0 Å². The van der Waals surface area contributed by atoms with Crippen molar-refractivity contribution in [3.8, 4) is 0 Å². The standard InChI is InChI=1S/C29H28N4O2/c30-27(23-11-13-24(14-12-23)29(35)33-25-15-17-31-18-16-25)20-32-28(34)19-26(21-7-3-1-4-8-21)22-9-5-2-6-10-22/h1-18,26-27H,19-20,30H2,(H,32,34)(H,31,33,35). The lowest BCUT2D eigenvalue weighted by atomic mass is 9.88. The molecular weight excluding hydrogens is 436 g/mol. The minimum Gasteiger partial charge on any atom is -0.354 e. The second-order valence-corrected chi connectivity index (χ2v) is 8.30. The van der Waals surface area contributed by atoms with Gasteiger partial charge in [0.25, 0.3) is 5.91 Å². The first kappa shape index (κ1) is 23.9. The van der Waals surface area contributed by atoms with Gasteiger partial charge in [0.05, 0.1) is 0 Å². The third-order valence-corrected chi connectivity index (χ3v) is 5.85. The molecule has 1 unspecified atom stereocenters. The highest BCUT2D eigenvalue weighted by atomic mass is 16.2. The lowest BCUT2D eigenvalue weighted by molar-refractivity contribution is -0.121. The van der Waals surface area contributed by atoms with Crippen molar-refractivity contribution in [1.82, 2.24) is 10.3 Å². The fraction of sp³-hybridized carbons (Fsp3) is 0.138. The van der Waals surface area contributed by atoms with Crippen LogP contribution in [0.15, 0.2) is 109 Å². The molecule has 4 N–H and O–H groups in total. The van der Waals surface area contributed by atoms with E-state index in [0.717, 1.165) is 16.7 Å². The zero-order valence-electron chi connectivity index (χ0n) is 19.3. The molecule has 0 aliphatic heterocycles. The van der Waals surface area contributed by atoms with E-state index in [4.69, 9.17) is 5.73 Å². The predicted octanol–water partition coefficient (Wildman–Crippen LogP) is 4.67. The van der Waals surface area contributed by atoms with Crippen LogP contribution in [0.1, 0.15) is 45.4 Å². The highest BCUT2D eigenvalue weighted by Crippen LogP contribution is 2.27. The number of pyridine rings is 1. The Morgan fingerprint density at radius 3 is 1.89 bits per heavy atom. The van der Waals surface area contributed by atoms with Crippen LogP contribution in [-0.4, -0.2) is 23.3 Å². The number of nitrogens with zero attached hydrogens (tertiary/aromatic N) is 1. The number of nitrogens with two attached hydrogens (primary N) is 1. The molecule has 176 valence electrons. The molecule has 35 heavy (non-hydrogen) atoms. The first-order valence-corrected chi connectivity index (χ1v) is 11.5. The zero-order valence-corrected chi connectivity index (χ0v) is 19.3. The summed E-state index contributed by atoms with van der Waals surface area (Å²) in [5, 5.41) is 5.80. The summed E-state index contributed by atoms with van der Waals surface area (Å²) in [6.07, 6.45) is 3.57. The monoisotopic (exact) mass is 464 g/mol. The van der Waals surface area contributed by atoms with E-state index >= 15 is 0 Å². The van der Waals surface area contributed by atoms with Crippen molar-refractivity contribution in [2.24, 2.45) is 5.73 Å². The first-order valence-electron chi connectivity index (χ1n) is 11.5. The maximum absolute atomic E-state index is 12.8. The van der Waals surface area contributed by atoms with Crippen molar-refractivity contribution in [1.29, 1.82) is 0 Å². The Morgan fingerprint density at radius 2 is 1.31 bits per heavy atom. The third kappa shape index (κ3) is 6.62. The number of anilines is 1. The van der Waals surface area contributed by atoms with E-state index < -0.39 is 0 Å². The Morgan fingerprint density at radius 1 is 0.743 bits per heavy atom. The zero-order chi connectivity index (χ0) is 24.5. The number of carbonyl (C=O) groups excluding carboxylic acids is 2. The van der Waals surface area contributed by atoms with E-state index in [-0.39, 0.29) is 23.8 Å². The van der Waals surface area contributed by atoms with Gasteiger partial charge in [-0.2, -0.15) is 0 Å². The smallest absolute Gasteiger partial charge is 0.255 e. The minimum absolute atomic E-state index is 0.0354. The molecule has 0 bridgehead atoms. The van der Waals surface area contributed by atoms with Gasteiger partial charge in [-0.25, -0.2) is 0 Å². The van der Waals surface area contributed by atoms with Crippen LogP contribution in [0.25, 0.3) is 0 Å². The molecule has 0 aliphatic rings. The average Bonchev–Trinajstić information content (AvgIpc) is 2.92. The van der Waals surface area contributed by atoms with Gasteiger partial charge in [0.2, 0.25) is 5.91 Å².